The molecule has 5 aromatic rings. The fourth-order valence-electron chi connectivity index (χ4n) is 5.21. The third-order valence-corrected chi connectivity index (χ3v) is 7.72. The van der Waals surface area contributed by atoms with Crippen LogP contribution in [0.3, 0.4) is 0 Å². The van der Waals surface area contributed by atoms with Crippen LogP contribution in [0.4, 0.5) is 5.82 Å². The zero-order valence-electron chi connectivity index (χ0n) is 22.8. The van der Waals surface area contributed by atoms with Crippen LogP contribution in [0.1, 0.15) is 34.5 Å². The standard InChI is InChI=1S/C32H28ClN7O/c1-20-14-22(6-7-24(20)26-15-31(34)36-18-27(26)33)32(41)40-12-9-21(10-13-40)5-8-28-25-4-3-11-35-30(25)16-29(38-28)23-17-37-39(2)19-23/h3-4,6-7,11,14-19,21H,9-10,12-13H2,1-2H3,(H2,34,36). The maximum atomic E-state index is 13.3. The van der Waals surface area contributed by atoms with Gasteiger partial charge in [0.25, 0.3) is 5.91 Å². The lowest BCUT2D eigenvalue weighted by Gasteiger charge is -2.30. The number of benzene rings is 1. The van der Waals surface area contributed by atoms with Crippen LogP contribution in [-0.4, -0.2) is 48.6 Å². The first-order chi connectivity index (χ1) is 19.9. The Morgan fingerprint density at radius 2 is 1.90 bits per heavy atom. The molecule has 0 atom stereocenters. The molecule has 41 heavy (non-hydrogen) atoms. The fraction of sp³-hybridized carbons (Fsp3) is 0.219. The van der Waals surface area contributed by atoms with Gasteiger partial charge in [-0.05, 0) is 73.2 Å². The van der Waals surface area contributed by atoms with E-state index in [1.54, 1.807) is 29.3 Å². The Morgan fingerprint density at radius 1 is 1.07 bits per heavy atom. The van der Waals surface area contributed by atoms with Crippen molar-refractivity contribution in [3.63, 3.8) is 0 Å². The number of hydrogen-bond donors (Lipinski definition) is 1. The summed E-state index contributed by atoms with van der Waals surface area (Å²) in [6, 6.07) is 13.3. The number of carbonyl (C=O) groups is 1. The van der Waals surface area contributed by atoms with Crippen LogP contribution < -0.4 is 5.73 Å². The molecule has 0 radical (unpaired) electrons. The van der Waals surface area contributed by atoms with Gasteiger partial charge in [-0.3, -0.25) is 14.5 Å². The van der Waals surface area contributed by atoms with Crippen LogP contribution >= 0.6 is 11.6 Å². The number of anilines is 1. The summed E-state index contributed by atoms with van der Waals surface area (Å²) in [5.41, 5.74) is 12.5. The van der Waals surface area contributed by atoms with Crippen molar-refractivity contribution in [1.82, 2.24) is 29.6 Å². The van der Waals surface area contributed by atoms with Crippen molar-refractivity contribution in [2.24, 2.45) is 13.0 Å². The van der Waals surface area contributed by atoms with Crippen LogP contribution in [-0.2, 0) is 7.05 Å². The number of piperidine rings is 1. The molecule has 5 heterocycles. The normalized spacial score (nSPS) is 13.7. The zero-order chi connectivity index (χ0) is 28.5. The number of hydrogen-bond acceptors (Lipinski definition) is 6. The van der Waals surface area contributed by atoms with Crippen molar-refractivity contribution in [2.75, 3.05) is 18.8 Å². The van der Waals surface area contributed by atoms with Gasteiger partial charge in [0, 0.05) is 66.7 Å². The van der Waals surface area contributed by atoms with E-state index in [-0.39, 0.29) is 11.8 Å². The first-order valence-electron chi connectivity index (χ1n) is 13.4. The van der Waals surface area contributed by atoms with E-state index < -0.39 is 0 Å². The molecule has 9 heteroatoms. The van der Waals surface area contributed by atoms with E-state index in [0.29, 0.717) is 35.2 Å². The number of carbonyl (C=O) groups excluding carboxylic acids is 1. The van der Waals surface area contributed by atoms with E-state index in [9.17, 15) is 4.79 Å². The third kappa shape index (κ3) is 5.49. The number of rotatable bonds is 3. The molecular weight excluding hydrogens is 534 g/mol. The number of aromatic nitrogens is 5. The van der Waals surface area contributed by atoms with Crippen molar-refractivity contribution in [2.45, 2.75) is 19.8 Å². The Kier molecular flexibility index (Phi) is 7.12. The summed E-state index contributed by atoms with van der Waals surface area (Å²) < 4.78 is 1.75. The van der Waals surface area contributed by atoms with Crippen molar-refractivity contribution in [3.8, 4) is 34.2 Å². The summed E-state index contributed by atoms with van der Waals surface area (Å²) >= 11 is 6.36. The number of amides is 1. The summed E-state index contributed by atoms with van der Waals surface area (Å²) in [6.45, 7) is 3.27. The molecule has 1 saturated heterocycles. The maximum Gasteiger partial charge on any atom is 0.253 e. The SMILES string of the molecule is Cc1cc(C(=O)N2CCC(C#Cc3nc(-c4cnn(C)c4)cc4ncccc34)CC2)ccc1-c1cc(N)ncc1Cl. The number of halogens is 1. The number of nitrogen functional groups attached to an aromatic ring is 1. The quantitative estimate of drug-likeness (QED) is 0.290. The van der Waals surface area contributed by atoms with Gasteiger partial charge >= 0.3 is 0 Å². The van der Waals surface area contributed by atoms with Crippen LogP contribution in [0.5, 0.6) is 0 Å². The lowest BCUT2D eigenvalue weighted by atomic mass is 9.95. The van der Waals surface area contributed by atoms with Crippen LogP contribution in [0, 0.1) is 24.7 Å². The van der Waals surface area contributed by atoms with E-state index >= 15 is 0 Å². The van der Waals surface area contributed by atoms with Crippen LogP contribution in [0.25, 0.3) is 33.3 Å². The Labute approximate surface area is 243 Å². The Balaban J connectivity index is 1.16. The van der Waals surface area contributed by atoms with E-state index in [0.717, 1.165) is 51.7 Å². The minimum Gasteiger partial charge on any atom is -0.384 e. The van der Waals surface area contributed by atoms with Crippen molar-refractivity contribution < 1.29 is 4.79 Å². The number of likely N-dealkylation sites (tertiary alicyclic amines) is 1. The predicted molar refractivity (Wildman–Crippen MR) is 161 cm³/mol. The Morgan fingerprint density at radius 3 is 2.66 bits per heavy atom. The lowest BCUT2D eigenvalue weighted by Crippen LogP contribution is -2.38. The van der Waals surface area contributed by atoms with E-state index in [1.807, 2.05) is 61.5 Å². The second-order valence-electron chi connectivity index (χ2n) is 10.3. The summed E-state index contributed by atoms with van der Waals surface area (Å²) in [7, 11) is 1.88. The molecule has 1 amide bonds. The molecule has 6 rings (SSSR count). The molecule has 1 aliphatic rings. The van der Waals surface area contributed by atoms with Gasteiger partial charge in [-0.1, -0.05) is 23.6 Å². The monoisotopic (exact) mass is 561 g/mol. The van der Waals surface area contributed by atoms with Gasteiger partial charge in [0.05, 0.1) is 22.4 Å². The van der Waals surface area contributed by atoms with Crippen LogP contribution in [0.15, 0.2) is 67.3 Å². The first-order valence-corrected chi connectivity index (χ1v) is 13.8. The largest absolute Gasteiger partial charge is 0.384 e. The van der Waals surface area contributed by atoms with Crippen LogP contribution in [0.2, 0.25) is 5.02 Å². The van der Waals surface area contributed by atoms with E-state index in [4.69, 9.17) is 22.3 Å². The number of nitrogens with zero attached hydrogens (tertiary/aromatic N) is 6. The molecule has 0 spiro atoms. The van der Waals surface area contributed by atoms with Gasteiger partial charge < -0.3 is 10.6 Å². The minimum atomic E-state index is 0.0225. The smallest absolute Gasteiger partial charge is 0.253 e. The zero-order valence-corrected chi connectivity index (χ0v) is 23.6. The minimum absolute atomic E-state index is 0.0225. The van der Waals surface area contributed by atoms with Crippen molar-refractivity contribution >= 4 is 34.2 Å². The highest BCUT2D eigenvalue weighted by molar-refractivity contribution is 6.33. The molecular formula is C32H28ClN7O. The second kappa shape index (κ2) is 11.0. The van der Waals surface area contributed by atoms with Gasteiger partial charge in [0.2, 0.25) is 0 Å². The Hall–Kier alpha value is -4.74. The topological polar surface area (TPSA) is 103 Å². The molecule has 0 unspecified atom stereocenters. The third-order valence-electron chi connectivity index (χ3n) is 7.42. The first kappa shape index (κ1) is 26.5. The molecule has 0 aliphatic carbocycles. The molecule has 8 nitrogen and oxygen atoms in total. The van der Waals surface area contributed by atoms with Gasteiger partial charge in [0.15, 0.2) is 0 Å². The number of aryl methyl sites for hydroxylation is 2. The van der Waals surface area contributed by atoms with Gasteiger partial charge in [-0.25, -0.2) is 9.97 Å². The van der Waals surface area contributed by atoms with Gasteiger partial charge in [0.1, 0.15) is 11.5 Å². The van der Waals surface area contributed by atoms with Crippen molar-refractivity contribution in [1.29, 1.82) is 0 Å². The summed E-state index contributed by atoms with van der Waals surface area (Å²) in [5, 5.41) is 5.72. The number of fused-ring (bicyclic) bond motifs is 1. The Bertz CT molecular complexity index is 1840. The molecule has 204 valence electrons. The van der Waals surface area contributed by atoms with Gasteiger partial charge in [-0.2, -0.15) is 5.10 Å². The highest BCUT2D eigenvalue weighted by atomic mass is 35.5. The molecule has 2 N–H and O–H groups in total. The molecule has 1 aliphatic heterocycles. The average molecular weight is 562 g/mol. The highest BCUT2D eigenvalue weighted by Crippen LogP contribution is 2.32. The van der Waals surface area contributed by atoms with E-state index in [1.165, 1.54) is 0 Å². The van der Waals surface area contributed by atoms with Crippen molar-refractivity contribution in [3.05, 3.63) is 89.1 Å². The molecule has 0 saturated carbocycles. The lowest BCUT2D eigenvalue weighted by molar-refractivity contribution is 0.0708. The van der Waals surface area contributed by atoms with E-state index in [2.05, 4.69) is 26.9 Å². The summed E-state index contributed by atoms with van der Waals surface area (Å²) in [5.74, 6) is 7.36. The maximum absolute atomic E-state index is 13.3. The highest BCUT2D eigenvalue weighted by Gasteiger charge is 2.23. The summed E-state index contributed by atoms with van der Waals surface area (Å²) in [6.07, 6.45) is 8.66. The molecule has 1 fully saturated rings. The second-order valence-corrected chi connectivity index (χ2v) is 10.7. The average Bonchev–Trinajstić information content (AvgIpc) is 3.43. The molecule has 0 bridgehead atoms. The fourth-order valence-corrected chi connectivity index (χ4v) is 5.42. The molecule has 1 aromatic carbocycles. The number of nitrogens with two attached hydrogens (primary N) is 1. The number of pyridine rings is 3. The summed E-state index contributed by atoms with van der Waals surface area (Å²) in [4.78, 5) is 28.7. The molecule has 4 aromatic heterocycles. The predicted octanol–water partition coefficient (Wildman–Crippen LogP) is 5.54. The van der Waals surface area contributed by atoms with Gasteiger partial charge in [-0.15, -0.1) is 0 Å².